The number of pyridine rings is 1. The first-order valence-electron chi connectivity index (χ1n) is 5.53. The zero-order chi connectivity index (χ0) is 14.4. The van der Waals surface area contributed by atoms with E-state index in [9.17, 15) is 14.9 Å². The first-order chi connectivity index (χ1) is 8.91. The van der Waals surface area contributed by atoms with Crippen LogP contribution in [0.3, 0.4) is 0 Å². The van der Waals surface area contributed by atoms with Crippen molar-refractivity contribution in [1.82, 2.24) is 4.98 Å². The molecule has 1 heterocycles. The summed E-state index contributed by atoms with van der Waals surface area (Å²) in [5.74, 6) is 0.671. The zero-order valence-electron chi connectivity index (χ0n) is 10.6. The van der Waals surface area contributed by atoms with Gasteiger partial charge in [0.1, 0.15) is 10.8 Å². The Labute approximate surface area is 120 Å². The van der Waals surface area contributed by atoms with Crippen LogP contribution in [0.5, 0.6) is 0 Å². The third-order valence-electron chi connectivity index (χ3n) is 2.25. The van der Waals surface area contributed by atoms with Crippen LogP contribution >= 0.6 is 23.4 Å². The van der Waals surface area contributed by atoms with Crippen LogP contribution in [0.1, 0.15) is 24.6 Å². The number of allylic oxidation sites excluding steroid dienone is 1. The lowest BCUT2D eigenvalue weighted by molar-refractivity contribution is -0.385. The van der Waals surface area contributed by atoms with Crippen LogP contribution in [0.15, 0.2) is 12.1 Å². The molecular formula is C12H13ClN2O3S. The highest BCUT2D eigenvalue weighted by atomic mass is 35.5. The van der Waals surface area contributed by atoms with Crippen molar-refractivity contribution >= 4 is 40.2 Å². The number of hydrogen-bond donors (Lipinski definition) is 0. The predicted octanol–water partition coefficient (Wildman–Crippen LogP) is 3.63. The Morgan fingerprint density at radius 3 is 2.89 bits per heavy atom. The summed E-state index contributed by atoms with van der Waals surface area (Å²) < 4.78 is 0. The minimum absolute atomic E-state index is 0.0536. The Balaban J connectivity index is 2.77. The zero-order valence-corrected chi connectivity index (χ0v) is 12.1. The molecule has 1 aromatic heterocycles. The van der Waals surface area contributed by atoms with Crippen LogP contribution in [0.2, 0.25) is 5.15 Å². The number of thioether (sulfide) groups is 1. The molecule has 1 aromatic rings. The first kappa shape index (κ1) is 15.7. The molecule has 0 aromatic carbocycles. The van der Waals surface area contributed by atoms with Crippen LogP contribution in [-0.4, -0.2) is 20.8 Å². The molecule has 5 nitrogen and oxygen atoms in total. The lowest BCUT2D eigenvalue weighted by Gasteiger charge is -2.01. The molecule has 0 fully saturated rings. The van der Waals surface area contributed by atoms with Crippen LogP contribution in [-0.2, 0) is 4.79 Å². The van der Waals surface area contributed by atoms with Gasteiger partial charge in [-0.3, -0.25) is 14.9 Å². The number of hydrogen-bond acceptors (Lipinski definition) is 5. The van der Waals surface area contributed by atoms with Gasteiger partial charge in [0.25, 0.3) is 5.69 Å². The number of halogens is 1. The van der Waals surface area contributed by atoms with E-state index in [1.54, 1.807) is 13.0 Å². The van der Waals surface area contributed by atoms with Gasteiger partial charge in [-0.05, 0) is 13.3 Å². The summed E-state index contributed by atoms with van der Waals surface area (Å²) in [7, 11) is 0. The van der Waals surface area contributed by atoms with E-state index in [4.69, 9.17) is 11.6 Å². The molecule has 0 radical (unpaired) electrons. The number of rotatable bonds is 5. The Bertz CT molecular complexity index is 532. The molecule has 102 valence electrons. The lowest BCUT2D eigenvalue weighted by atomic mass is 10.2. The highest BCUT2D eigenvalue weighted by molar-refractivity contribution is 8.13. The quantitative estimate of drug-likeness (QED) is 0.359. The molecule has 0 unspecified atom stereocenters. The van der Waals surface area contributed by atoms with Crippen molar-refractivity contribution in [1.29, 1.82) is 0 Å². The summed E-state index contributed by atoms with van der Waals surface area (Å²) in [5, 5.41) is 11.1. The number of aryl methyl sites for hydroxylation is 1. The van der Waals surface area contributed by atoms with Gasteiger partial charge in [0.2, 0.25) is 0 Å². The topological polar surface area (TPSA) is 73.1 Å². The molecule has 0 spiro atoms. The van der Waals surface area contributed by atoms with E-state index in [0.717, 1.165) is 0 Å². The van der Waals surface area contributed by atoms with E-state index >= 15 is 0 Å². The fourth-order valence-electron chi connectivity index (χ4n) is 1.36. The van der Waals surface area contributed by atoms with Gasteiger partial charge in [0.15, 0.2) is 5.12 Å². The number of aromatic nitrogens is 1. The van der Waals surface area contributed by atoms with Gasteiger partial charge < -0.3 is 0 Å². The van der Waals surface area contributed by atoms with Gasteiger partial charge in [0, 0.05) is 24.3 Å². The predicted molar refractivity (Wildman–Crippen MR) is 77.4 cm³/mol. The van der Waals surface area contributed by atoms with Crippen LogP contribution in [0.4, 0.5) is 5.69 Å². The second-order valence-corrected chi connectivity index (χ2v) is 5.39. The van der Waals surface area contributed by atoms with Crippen molar-refractivity contribution in [2.75, 3.05) is 5.75 Å². The molecule has 0 saturated heterocycles. The number of nitro groups is 1. The molecule has 0 aliphatic rings. The SMILES string of the molecule is CC(=O)SCCC=Cc1cc([N+](=O)[O-])c(C)nc1Cl. The Kier molecular flexibility index (Phi) is 5.98. The maximum Gasteiger partial charge on any atom is 0.291 e. The van der Waals surface area contributed by atoms with Crippen molar-refractivity contribution in [3.05, 3.63) is 38.7 Å². The minimum Gasteiger partial charge on any atom is -0.288 e. The first-order valence-corrected chi connectivity index (χ1v) is 6.89. The molecule has 19 heavy (non-hydrogen) atoms. The largest absolute Gasteiger partial charge is 0.291 e. The molecule has 0 aliphatic heterocycles. The van der Waals surface area contributed by atoms with Crippen molar-refractivity contribution < 1.29 is 9.72 Å². The van der Waals surface area contributed by atoms with E-state index in [1.165, 1.54) is 24.8 Å². The lowest BCUT2D eigenvalue weighted by Crippen LogP contribution is -1.96. The second-order valence-electron chi connectivity index (χ2n) is 3.76. The molecule has 0 aliphatic carbocycles. The number of carbonyl (C=O) groups excluding carboxylic acids is 1. The maximum absolute atomic E-state index is 10.8. The summed E-state index contributed by atoms with van der Waals surface area (Å²) in [6, 6.07) is 1.40. The van der Waals surface area contributed by atoms with E-state index < -0.39 is 4.92 Å². The average molecular weight is 301 g/mol. The van der Waals surface area contributed by atoms with E-state index in [-0.39, 0.29) is 16.0 Å². The van der Waals surface area contributed by atoms with Crippen molar-refractivity contribution in [2.24, 2.45) is 0 Å². The highest BCUT2D eigenvalue weighted by Crippen LogP contribution is 2.24. The van der Waals surface area contributed by atoms with Crippen molar-refractivity contribution in [3.63, 3.8) is 0 Å². The molecule has 0 amide bonds. The Morgan fingerprint density at radius 1 is 1.63 bits per heavy atom. The summed E-state index contributed by atoms with van der Waals surface area (Å²) in [6.07, 6.45) is 4.18. The maximum atomic E-state index is 10.8. The molecule has 0 bridgehead atoms. The van der Waals surface area contributed by atoms with E-state index in [1.807, 2.05) is 6.08 Å². The normalized spacial score (nSPS) is 10.9. The third kappa shape index (κ3) is 5.00. The molecular weight excluding hydrogens is 288 g/mol. The van der Waals surface area contributed by atoms with Gasteiger partial charge in [0.05, 0.1) is 4.92 Å². The van der Waals surface area contributed by atoms with Gasteiger partial charge in [-0.25, -0.2) is 4.98 Å². The molecule has 0 saturated carbocycles. The fourth-order valence-corrected chi connectivity index (χ4v) is 2.15. The average Bonchev–Trinajstić information content (AvgIpc) is 2.30. The summed E-state index contributed by atoms with van der Waals surface area (Å²) in [6.45, 7) is 3.06. The van der Waals surface area contributed by atoms with E-state index in [2.05, 4.69) is 4.98 Å². The summed E-state index contributed by atoms with van der Waals surface area (Å²) in [4.78, 5) is 25.0. The van der Waals surface area contributed by atoms with Gasteiger partial charge in [-0.1, -0.05) is 35.5 Å². The third-order valence-corrected chi connectivity index (χ3v) is 3.40. The standard InChI is InChI=1S/C12H13ClN2O3S/c1-8-11(15(17)18)7-10(12(13)14-8)5-3-4-6-19-9(2)16/h3,5,7H,4,6H2,1-2H3. The van der Waals surface area contributed by atoms with Gasteiger partial charge >= 0.3 is 0 Å². The van der Waals surface area contributed by atoms with Crippen LogP contribution < -0.4 is 0 Å². The molecule has 7 heteroatoms. The Hall–Kier alpha value is -1.40. The smallest absolute Gasteiger partial charge is 0.288 e. The molecule has 0 atom stereocenters. The number of carbonyl (C=O) groups is 1. The minimum atomic E-state index is -0.485. The van der Waals surface area contributed by atoms with Crippen molar-refractivity contribution in [2.45, 2.75) is 20.3 Å². The van der Waals surface area contributed by atoms with Crippen molar-refractivity contribution in [3.8, 4) is 0 Å². The summed E-state index contributed by atoms with van der Waals surface area (Å²) in [5.41, 5.74) is 0.744. The fraction of sp³-hybridized carbons (Fsp3) is 0.333. The molecule has 0 N–H and O–H groups in total. The Morgan fingerprint density at radius 2 is 2.32 bits per heavy atom. The number of nitrogens with zero attached hydrogens (tertiary/aromatic N) is 2. The van der Waals surface area contributed by atoms with E-state index in [0.29, 0.717) is 23.4 Å². The second kappa shape index (κ2) is 7.25. The molecule has 1 rings (SSSR count). The van der Waals surface area contributed by atoms with Crippen LogP contribution in [0.25, 0.3) is 6.08 Å². The van der Waals surface area contributed by atoms with Crippen LogP contribution in [0, 0.1) is 17.0 Å². The monoisotopic (exact) mass is 300 g/mol. The highest BCUT2D eigenvalue weighted by Gasteiger charge is 2.14. The van der Waals surface area contributed by atoms with Gasteiger partial charge in [-0.2, -0.15) is 0 Å². The van der Waals surface area contributed by atoms with Gasteiger partial charge in [-0.15, -0.1) is 0 Å². The summed E-state index contributed by atoms with van der Waals surface area (Å²) >= 11 is 7.16.